The highest BCUT2D eigenvalue weighted by Crippen LogP contribution is 2.28. The smallest absolute Gasteiger partial charge is 0.250 e. The van der Waals surface area contributed by atoms with Crippen LogP contribution in [-0.2, 0) is 4.79 Å². The fourth-order valence-electron chi connectivity index (χ4n) is 4.16. The highest BCUT2D eigenvalue weighted by atomic mass is 16.1. The van der Waals surface area contributed by atoms with Crippen molar-refractivity contribution < 1.29 is 4.79 Å². The lowest BCUT2D eigenvalue weighted by molar-refractivity contribution is -0.112. The Kier molecular flexibility index (Phi) is 6.60. The number of piperazine rings is 1. The predicted octanol–water partition coefficient (Wildman–Crippen LogP) is 4.70. The van der Waals surface area contributed by atoms with E-state index >= 15 is 0 Å². The molecule has 0 spiro atoms. The van der Waals surface area contributed by atoms with E-state index in [1.807, 2.05) is 30.3 Å². The van der Waals surface area contributed by atoms with E-state index in [0.717, 1.165) is 54.0 Å². The molecule has 0 atom stereocenters. The highest BCUT2D eigenvalue weighted by Gasteiger charge is 2.14. The topological polar surface area (TPSA) is 86.3 Å². The van der Waals surface area contributed by atoms with Crippen molar-refractivity contribution in [2.45, 2.75) is 6.92 Å². The molecule has 0 bridgehead atoms. The molecule has 1 aliphatic rings. The molecular formula is C28H29N7O. The van der Waals surface area contributed by atoms with Gasteiger partial charge in [-0.3, -0.25) is 9.78 Å². The molecule has 1 aliphatic heterocycles. The number of benzene rings is 2. The molecule has 2 N–H and O–H groups in total. The van der Waals surface area contributed by atoms with Gasteiger partial charge in [0.1, 0.15) is 5.52 Å². The summed E-state index contributed by atoms with van der Waals surface area (Å²) in [4.78, 5) is 30.7. The minimum atomic E-state index is -0.217. The van der Waals surface area contributed by atoms with Crippen molar-refractivity contribution >= 4 is 39.8 Å². The average Bonchev–Trinajstić information content (AvgIpc) is 2.89. The number of pyridine rings is 1. The van der Waals surface area contributed by atoms with Gasteiger partial charge in [-0.25, -0.2) is 9.97 Å². The number of aromatic nitrogens is 3. The van der Waals surface area contributed by atoms with E-state index < -0.39 is 0 Å². The quantitative estimate of drug-likeness (QED) is 0.388. The number of anilines is 4. The largest absolute Gasteiger partial charge is 0.369 e. The van der Waals surface area contributed by atoms with Gasteiger partial charge in [0.2, 0.25) is 5.95 Å². The molecule has 4 aromatic rings. The SMILES string of the molecule is C=C(C)C(=O)Nc1cccc(-c2nccc3cnc(Nc4ccc(N5CCN(C)CC5)cc4)nc23)c1. The molecule has 8 heteroatoms. The molecule has 0 aliphatic carbocycles. The van der Waals surface area contributed by atoms with E-state index in [4.69, 9.17) is 4.98 Å². The Labute approximate surface area is 210 Å². The maximum Gasteiger partial charge on any atom is 0.250 e. The van der Waals surface area contributed by atoms with Crippen LogP contribution in [0.15, 0.2) is 79.1 Å². The molecule has 1 fully saturated rings. The zero-order valence-corrected chi connectivity index (χ0v) is 20.5. The summed E-state index contributed by atoms with van der Waals surface area (Å²) in [6.07, 6.45) is 3.53. The highest BCUT2D eigenvalue weighted by molar-refractivity contribution is 6.03. The van der Waals surface area contributed by atoms with Crippen molar-refractivity contribution in [1.82, 2.24) is 19.9 Å². The van der Waals surface area contributed by atoms with Crippen LogP contribution in [0.25, 0.3) is 22.2 Å². The summed E-state index contributed by atoms with van der Waals surface area (Å²) >= 11 is 0. The van der Waals surface area contributed by atoms with Gasteiger partial charge in [0.05, 0.1) is 5.69 Å². The standard InChI is InChI=1S/C28H29N7O/c1-19(2)27(36)31-23-6-4-5-20(17-23)25-26-21(11-12-29-25)18-30-28(33-26)32-22-7-9-24(10-8-22)35-15-13-34(3)14-16-35/h4-12,17-18H,1,13-16H2,2-3H3,(H,31,36)(H,30,32,33). The maximum atomic E-state index is 12.1. The number of fused-ring (bicyclic) bond motifs is 1. The molecular weight excluding hydrogens is 450 g/mol. The van der Waals surface area contributed by atoms with Gasteiger partial charge >= 0.3 is 0 Å². The average molecular weight is 480 g/mol. The van der Waals surface area contributed by atoms with Crippen molar-refractivity contribution in [3.63, 3.8) is 0 Å². The number of hydrogen-bond donors (Lipinski definition) is 2. The Morgan fingerprint density at radius 1 is 0.972 bits per heavy atom. The number of nitrogens with zero attached hydrogens (tertiary/aromatic N) is 5. The minimum Gasteiger partial charge on any atom is -0.369 e. The van der Waals surface area contributed by atoms with Crippen LogP contribution in [0.4, 0.5) is 23.0 Å². The van der Waals surface area contributed by atoms with Crippen molar-refractivity contribution in [2.24, 2.45) is 0 Å². The molecule has 3 heterocycles. The summed E-state index contributed by atoms with van der Waals surface area (Å²) in [5, 5.41) is 7.06. The molecule has 36 heavy (non-hydrogen) atoms. The lowest BCUT2D eigenvalue weighted by atomic mass is 10.1. The van der Waals surface area contributed by atoms with Crippen LogP contribution in [0.3, 0.4) is 0 Å². The first-order valence-electron chi connectivity index (χ1n) is 12.0. The fraction of sp³-hybridized carbons (Fsp3) is 0.214. The molecule has 182 valence electrons. The molecule has 5 rings (SSSR count). The van der Waals surface area contributed by atoms with Crippen molar-refractivity contribution in [3.05, 3.63) is 79.1 Å². The summed E-state index contributed by atoms with van der Waals surface area (Å²) < 4.78 is 0. The fourth-order valence-corrected chi connectivity index (χ4v) is 4.16. The summed E-state index contributed by atoms with van der Waals surface area (Å²) in [5.74, 6) is 0.279. The van der Waals surface area contributed by atoms with Crippen molar-refractivity contribution in [3.8, 4) is 11.3 Å². The number of carbonyl (C=O) groups is 1. The Morgan fingerprint density at radius 3 is 2.50 bits per heavy atom. The van der Waals surface area contributed by atoms with Crippen molar-refractivity contribution in [2.75, 3.05) is 48.8 Å². The first-order chi connectivity index (χ1) is 17.5. The van der Waals surface area contributed by atoms with E-state index in [2.05, 4.69) is 68.3 Å². The normalized spacial score (nSPS) is 14.0. The van der Waals surface area contributed by atoms with E-state index in [-0.39, 0.29) is 5.91 Å². The monoisotopic (exact) mass is 479 g/mol. The Morgan fingerprint density at radius 2 is 1.75 bits per heavy atom. The van der Waals surface area contributed by atoms with Crippen molar-refractivity contribution in [1.29, 1.82) is 0 Å². The Bertz CT molecular complexity index is 1410. The second-order valence-corrected chi connectivity index (χ2v) is 9.07. The van der Waals surface area contributed by atoms with Gasteiger partial charge in [-0.1, -0.05) is 18.7 Å². The third kappa shape index (κ3) is 5.18. The molecule has 1 amide bonds. The van der Waals surface area contributed by atoms with Gasteiger partial charge in [-0.05, 0) is 56.4 Å². The van der Waals surface area contributed by atoms with Gasteiger partial charge in [0, 0.05) is 72.2 Å². The Balaban J connectivity index is 1.39. The van der Waals surface area contributed by atoms with E-state index in [0.29, 0.717) is 17.2 Å². The molecule has 0 radical (unpaired) electrons. The maximum absolute atomic E-state index is 12.1. The second kappa shape index (κ2) is 10.1. The van der Waals surface area contributed by atoms with E-state index in [1.54, 1.807) is 19.3 Å². The molecule has 1 saturated heterocycles. The van der Waals surface area contributed by atoms with Gasteiger partial charge in [-0.15, -0.1) is 0 Å². The number of nitrogens with one attached hydrogen (secondary N) is 2. The minimum absolute atomic E-state index is 0.217. The second-order valence-electron chi connectivity index (χ2n) is 9.07. The lowest BCUT2D eigenvalue weighted by Crippen LogP contribution is -2.44. The third-order valence-electron chi connectivity index (χ3n) is 6.27. The lowest BCUT2D eigenvalue weighted by Gasteiger charge is -2.34. The first-order valence-corrected chi connectivity index (χ1v) is 12.0. The predicted molar refractivity (Wildman–Crippen MR) is 146 cm³/mol. The molecule has 2 aromatic carbocycles. The van der Waals surface area contributed by atoms with Crippen LogP contribution in [-0.4, -0.2) is 59.0 Å². The van der Waals surface area contributed by atoms with Crippen LogP contribution in [0.2, 0.25) is 0 Å². The zero-order valence-electron chi connectivity index (χ0n) is 20.5. The first kappa shape index (κ1) is 23.4. The number of likely N-dealkylation sites (N-methyl/N-ethyl adjacent to an activating group) is 1. The van der Waals surface area contributed by atoms with Crippen LogP contribution in [0.5, 0.6) is 0 Å². The molecule has 2 aromatic heterocycles. The van der Waals surface area contributed by atoms with Gasteiger partial charge < -0.3 is 20.4 Å². The van der Waals surface area contributed by atoms with Gasteiger partial charge in [0.25, 0.3) is 5.91 Å². The van der Waals surface area contributed by atoms with Crippen LogP contribution in [0.1, 0.15) is 6.92 Å². The number of carbonyl (C=O) groups excluding carboxylic acids is 1. The molecule has 0 unspecified atom stereocenters. The number of amides is 1. The molecule has 8 nitrogen and oxygen atoms in total. The Hall–Kier alpha value is -4.30. The van der Waals surface area contributed by atoms with Gasteiger partial charge in [0.15, 0.2) is 0 Å². The van der Waals surface area contributed by atoms with Gasteiger partial charge in [-0.2, -0.15) is 0 Å². The number of hydrogen-bond acceptors (Lipinski definition) is 7. The van der Waals surface area contributed by atoms with Crippen LogP contribution < -0.4 is 15.5 Å². The number of rotatable bonds is 6. The summed E-state index contributed by atoms with van der Waals surface area (Å²) in [5.41, 5.74) is 5.56. The summed E-state index contributed by atoms with van der Waals surface area (Å²) in [6, 6.07) is 17.8. The molecule has 0 saturated carbocycles. The zero-order chi connectivity index (χ0) is 25.1. The van der Waals surface area contributed by atoms with E-state index in [9.17, 15) is 4.79 Å². The summed E-state index contributed by atoms with van der Waals surface area (Å²) in [7, 11) is 2.16. The van der Waals surface area contributed by atoms with Crippen LogP contribution in [0, 0.1) is 0 Å². The third-order valence-corrected chi connectivity index (χ3v) is 6.27. The summed E-state index contributed by atoms with van der Waals surface area (Å²) in [6.45, 7) is 9.59. The van der Waals surface area contributed by atoms with E-state index in [1.165, 1.54) is 5.69 Å². The van der Waals surface area contributed by atoms with Crippen LogP contribution >= 0.6 is 0 Å².